The molecule has 5 heteroatoms. The van der Waals surface area contributed by atoms with Gasteiger partial charge in [0, 0.05) is 6.42 Å². The smallest absolute Gasteiger partial charge is 0.237 e. The highest BCUT2D eigenvalue weighted by atomic mass is 16.5. The topological polar surface area (TPSA) is 73.6 Å². The Morgan fingerprint density at radius 3 is 2.32 bits per heavy atom. The van der Waals surface area contributed by atoms with Gasteiger partial charge in [0.2, 0.25) is 5.91 Å². The van der Waals surface area contributed by atoms with Crippen LogP contribution in [0.25, 0.3) is 0 Å². The maximum atomic E-state index is 11.4. The van der Waals surface area contributed by atoms with Crippen molar-refractivity contribution in [2.75, 3.05) is 14.2 Å². The first-order valence-electron chi connectivity index (χ1n) is 6.21. The van der Waals surface area contributed by atoms with E-state index in [9.17, 15) is 4.79 Å². The van der Waals surface area contributed by atoms with Crippen LogP contribution in [0.1, 0.15) is 20.3 Å². The highest BCUT2D eigenvalue weighted by Gasteiger charge is 2.31. The molecule has 5 nitrogen and oxygen atoms in total. The summed E-state index contributed by atoms with van der Waals surface area (Å²) in [6.07, 6.45) is 0.351. The lowest BCUT2D eigenvalue weighted by molar-refractivity contribution is -0.124. The third-order valence-corrected chi connectivity index (χ3v) is 3.19. The second-order valence-corrected chi connectivity index (χ2v) is 4.75. The van der Waals surface area contributed by atoms with Crippen molar-refractivity contribution >= 4 is 5.91 Å². The number of amides is 1. The van der Waals surface area contributed by atoms with E-state index >= 15 is 0 Å². The summed E-state index contributed by atoms with van der Waals surface area (Å²) in [6.45, 7) is 3.67. The Hall–Kier alpha value is -1.75. The Morgan fingerprint density at radius 2 is 1.89 bits per heavy atom. The van der Waals surface area contributed by atoms with Crippen LogP contribution < -0.4 is 20.5 Å². The number of carbonyl (C=O) groups excluding carboxylic acids is 1. The summed E-state index contributed by atoms with van der Waals surface area (Å²) >= 11 is 0. The number of rotatable bonds is 7. The van der Waals surface area contributed by atoms with Crippen LogP contribution in [0.4, 0.5) is 0 Å². The number of nitrogens with one attached hydrogen (secondary N) is 1. The molecule has 0 aromatic heterocycles. The van der Waals surface area contributed by atoms with Crippen molar-refractivity contribution in [2.24, 2.45) is 5.73 Å². The predicted octanol–water partition coefficient (Wildman–Crippen LogP) is 1.32. The average molecular weight is 266 g/mol. The summed E-state index contributed by atoms with van der Waals surface area (Å²) in [7, 11) is 3.33. The summed E-state index contributed by atoms with van der Waals surface area (Å²) in [4.78, 5) is 11.4. The number of nitrogens with two attached hydrogens (primary N) is 1. The fourth-order valence-corrected chi connectivity index (χ4v) is 1.83. The van der Waals surface area contributed by atoms with Gasteiger partial charge in [0.25, 0.3) is 0 Å². The quantitative estimate of drug-likeness (QED) is 0.780. The molecular weight excluding hydrogens is 244 g/mol. The van der Waals surface area contributed by atoms with Crippen molar-refractivity contribution in [1.29, 1.82) is 0 Å². The van der Waals surface area contributed by atoms with Gasteiger partial charge in [-0.2, -0.15) is 0 Å². The molecule has 0 heterocycles. The van der Waals surface area contributed by atoms with Gasteiger partial charge in [-0.05, 0) is 45.2 Å². The number of benzene rings is 1. The maximum Gasteiger partial charge on any atom is 0.237 e. The highest BCUT2D eigenvalue weighted by molar-refractivity contribution is 5.84. The molecule has 0 spiro atoms. The summed E-state index contributed by atoms with van der Waals surface area (Å²) in [5.74, 6) is 1.12. The normalized spacial score (nSPS) is 15.4. The monoisotopic (exact) mass is 266 g/mol. The molecule has 0 fully saturated rings. The van der Waals surface area contributed by atoms with Crippen molar-refractivity contribution in [3.8, 4) is 11.5 Å². The first-order chi connectivity index (χ1) is 8.91. The van der Waals surface area contributed by atoms with Gasteiger partial charge in [-0.3, -0.25) is 4.79 Å². The average Bonchev–Trinajstić information content (AvgIpc) is 2.39. The minimum absolute atomic E-state index is 0.140. The second kappa shape index (κ2) is 6.43. The van der Waals surface area contributed by atoms with Crippen LogP contribution in [0.15, 0.2) is 24.3 Å². The molecule has 0 aliphatic rings. The van der Waals surface area contributed by atoms with Crippen LogP contribution in [0.5, 0.6) is 11.5 Å². The Labute approximate surface area is 114 Å². The van der Waals surface area contributed by atoms with Gasteiger partial charge in [-0.15, -0.1) is 0 Å². The van der Waals surface area contributed by atoms with Crippen molar-refractivity contribution in [3.05, 3.63) is 24.3 Å². The van der Waals surface area contributed by atoms with Crippen molar-refractivity contribution in [2.45, 2.75) is 31.9 Å². The minimum Gasteiger partial charge on any atom is -0.497 e. The molecule has 2 unspecified atom stereocenters. The summed E-state index contributed by atoms with van der Waals surface area (Å²) in [5, 5.41) is 2.94. The lowest BCUT2D eigenvalue weighted by Gasteiger charge is -2.28. The lowest BCUT2D eigenvalue weighted by Crippen LogP contribution is -2.53. The Bertz CT molecular complexity index is 419. The van der Waals surface area contributed by atoms with Crippen molar-refractivity contribution < 1.29 is 14.3 Å². The van der Waals surface area contributed by atoms with Gasteiger partial charge in [0.15, 0.2) is 0 Å². The molecule has 106 valence electrons. The molecule has 1 amide bonds. The van der Waals surface area contributed by atoms with Crippen LogP contribution in [-0.2, 0) is 4.79 Å². The number of hydrogen-bond donors (Lipinski definition) is 2. The van der Waals surface area contributed by atoms with Gasteiger partial charge in [-0.25, -0.2) is 0 Å². The Morgan fingerprint density at radius 1 is 1.37 bits per heavy atom. The molecule has 1 rings (SSSR count). The molecule has 19 heavy (non-hydrogen) atoms. The number of likely N-dealkylation sites (N-methyl/N-ethyl adjacent to an activating group) is 1. The summed E-state index contributed by atoms with van der Waals surface area (Å²) in [5.41, 5.74) is 4.62. The molecule has 0 radical (unpaired) electrons. The fourth-order valence-electron chi connectivity index (χ4n) is 1.83. The van der Waals surface area contributed by atoms with E-state index < -0.39 is 5.54 Å². The maximum absolute atomic E-state index is 11.4. The Kier molecular flexibility index (Phi) is 5.18. The molecule has 0 bridgehead atoms. The lowest BCUT2D eigenvalue weighted by atomic mass is 9.94. The zero-order valence-corrected chi connectivity index (χ0v) is 11.9. The van der Waals surface area contributed by atoms with Gasteiger partial charge in [0.05, 0.1) is 18.8 Å². The van der Waals surface area contributed by atoms with Crippen LogP contribution >= 0.6 is 0 Å². The molecule has 1 aromatic rings. The molecular formula is C14H22N2O3. The van der Waals surface area contributed by atoms with E-state index in [1.807, 2.05) is 31.2 Å². The molecule has 0 aliphatic carbocycles. The van der Waals surface area contributed by atoms with E-state index in [4.69, 9.17) is 15.2 Å². The van der Waals surface area contributed by atoms with Crippen LogP contribution in [0.3, 0.4) is 0 Å². The largest absolute Gasteiger partial charge is 0.497 e. The number of carbonyl (C=O) groups is 1. The number of ether oxygens (including phenoxy) is 2. The highest BCUT2D eigenvalue weighted by Crippen LogP contribution is 2.21. The third kappa shape index (κ3) is 4.13. The van der Waals surface area contributed by atoms with E-state index in [1.54, 1.807) is 21.1 Å². The predicted molar refractivity (Wildman–Crippen MR) is 74.4 cm³/mol. The van der Waals surface area contributed by atoms with Gasteiger partial charge < -0.3 is 20.5 Å². The number of hydrogen-bond acceptors (Lipinski definition) is 4. The minimum atomic E-state index is -0.772. The van der Waals surface area contributed by atoms with Gasteiger partial charge in [-0.1, -0.05) is 0 Å². The summed E-state index contributed by atoms with van der Waals surface area (Å²) in [6, 6.07) is 7.31. The third-order valence-electron chi connectivity index (χ3n) is 3.19. The molecule has 2 atom stereocenters. The van der Waals surface area contributed by atoms with Gasteiger partial charge in [0.1, 0.15) is 11.5 Å². The molecule has 0 saturated heterocycles. The SMILES string of the molecule is CNC(C)(CC(C)Oc1ccc(OC)cc1)C(N)=O. The van der Waals surface area contributed by atoms with Crippen molar-refractivity contribution in [3.63, 3.8) is 0 Å². The van der Waals surface area contributed by atoms with Crippen LogP contribution in [-0.4, -0.2) is 31.7 Å². The van der Waals surface area contributed by atoms with Crippen LogP contribution in [0.2, 0.25) is 0 Å². The zero-order valence-electron chi connectivity index (χ0n) is 11.9. The second-order valence-electron chi connectivity index (χ2n) is 4.75. The van der Waals surface area contributed by atoms with E-state index in [2.05, 4.69) is 5.32 Å². The van der Waals surface area contributed by atoms with Crippen LogP contribution in [0, 0.1) is 0 Å². The number of methoxy groups -OCH3 is 1. The first-order valence-corrected chi connectivity index (χ1v) is 6.21. The van der Waals surface area contributed by atoms with E-state index in [0.29, 0.717) is 6.42 Å². The molecule has 3 N–H and O–H groups in total. The van der Waals surface area contributed by atoms with Gasteiger partial charge >= 0.3 is 0 Å². The van der Waals surface area contributed by atoms with E-state index in [1.165, 1.54) is 0 Å². The molecule has 0 saturated carbocycles. The summed E-state index contributed by atoms with van der Waals surface area (Å²) < 4.78 is 10.8. The Balaban J connectivity index is 2.63. The van der Waals surface area contributed by atoms with Crippen molar-refractivity contribution in [1.82, 2.24) is 5.32 Å². The molecule has 1 aromatic carbocycles. The standard InChI is InChI=1S/C14H22N2O3/c1-10(9-14(2,16-3)13(15)17)19-12-7-5-11(18-4)6-8-12/h5-8,10,16H,9H2,1-4H3,(H2,15,17). The first kappa shape index (κ1) is 15.3. The molecule has 0 aliphatic heterocycles. The van der Waals surface area contributed by atoms with E-state index in [-0.39, 0.29) is 12.0 Å². The number of primary amides is 1. The zero-order chi connectivity index (χ0) is 14.5. The van der Waals surface area contributed by atoms with E-state index in [0.717, 1.165) is 11.5 Å². The fraction of sp³-hybridized carbons (Fsp3) is 0.500.